The normalized spacial score (nSPS) is 10.6. The molecule has 3 nitrogen and oxygen atoms in total. The van der Waals surface area contributed by atoms with Crippen molar-refractivity contribution in [2.45, 2.75) is 0 Å². The summed E-state index contributed by atoms with van der Waals surface area (Å²) >= 11 is 2.02. The summed E-state index contributed by atoms with van der Waals surface area (Å²) in [6.07, 6.45) is 1.71. The summed E-state index contributed by atoms with van der Waals surface area (Å²) in [4.78, 5) is 15.1. The van der Waals surface area contributed by atoms with Crippen molar-refractivity contribution in [1.82, 2.24) is 4.98 Å². The van der Waals surface area contributed by atoms with Crippen LogP contribution in [0.1, 0.15) is 0 Å². The van der Waals surface area contributed by atoms with Crippen molar-refractivity contribution >= 4 is 33.5 Å². The zero-order chi connectivity index (χ0) is 13.2. The van der Waals surface area contributed by atoms with Crippen molar-refractivity contribution < 1.29 is 4.74 Å². The summed E-state index contributed by atoms with van der Waals surface area (Å²) in [6, 6.07) is 15.0. The maximum absolute atomic E-state index is 12.0. The van der Waals surface area contributed by atoms with Crippen LogP contribution in [-0.4, -0.2) is 4.98 Å². The lowest BCUT2D eigenvalue weighted by Gasteiger charge is -2.06. The van der Waals surface area contributed by atoms with E-state index in [1.807, 2.05) is 65.1 Å². The average Bonchev–Trinajstić information content (AvgIpc) is 2.45. The molecular weight excluding hydrogens is 353 g/mol. The number of pyridine rings is 1. The summed E-state index contributed by atoms with van der Waals surface area (Å²) in [5, 5.41) is 0.639. The van der Waals surface area contributed by atoms with Gasteiger partial charge in [0.1, 0.15) is 11.5 Å². The summed E-state index contributed by atoms with van der Waals surface area (Å²) in [5.74, 6) is 1.41. The lowest BCUT2D eigenvalue weighted by molar-refractivity contribution is 0.483. The molecule has 0 bridgehead atoms. The maximum Gasteiger partial charge on any atom is 0.202 e. The number of hydrogen-bond donors (Lipinski definition) is 1. The summed E-state index contributed by atoms with van der Waals surface area (Å²) in [7, 11) is 0. The van der Waals surface area contributed by atoms with Gasteiger partial charge in [-0.15, -0.1) is 0 Å². The quantitative estimate of drug-likeness (QED) is 0.702. The van der Waals surface area contributed by atoms with Crippen LogP contribution < -0.4 is 10.2 Å². The van der Waals surface area contributed by atoms with E-state index in [1.54, 1.807) is 12.3 Å². The number of aromatic amines is 1. The van der Waals surface area contributed by atoms with Crippen LogP contribution in [-0.2, 0) is 0 Å². The fraction of sp³-hybridized carbons (Fsp3) is 0. The number of benzene rings is 2. The molecule has 0 radical (unpaired) electrons. The SMILES string of the molecule is O=c1c(I)c[nH]c2ccc(Oc3ccccc3)cc12. The van der Waals surface area contributed by atoms with Gasteiger partial charge in [-0.05, 0) is 52.9 Å². The van der Waals surface area contributed by atoms with E-state index >= 15 is 0 Å². The zero-order valence-electron chi connectivity index (χ0n) is 9.89. The van der Waals surface area contributed by atoms with Gasteiger partial charge in [0.25, 0.3) is 0 Å². The second-order valence-corrected chi connectivity index (χ2v) is 5.25. The molecule has 0 unspecified atom stereocenters. The minimum Gasteiger partial charge on any atom is -0.457 e. The van der Waals surface area contributed by atoms with E-state index < -0.39 is 0 Å². The van der Waals surface area contributed by atoms with Crippen molar-refractivity contribution in [3.8, 4) is 11.5 Å². The molecule has 0 saturated carbocycles. The Labute approximate surface area is 123 Å². The molecule has 0 spiro atoms. The van der Waals surface area contributed by atoms with Gasteiger partial charge in [0, 0.05) is 11.7 Å². The molecule has 1 heterocycles. The van der Waals surface area contributed by atoms with Gasteiger partial charge in [0.15, 0.2) is 0 Å². The fourth-order valence-corrected chi connectivity index (χ4v) is 2.31. The van der Waals surface area contributed by atoms with Gasteiger partial charge in [0.05, 0.1) is 8.96 Å². The second kappa shape index (κ2) is 5.05. The fourth-order valence-electron chi connectivity index (χ4n) is 1.86. The summed E-state index contributed by atoms with van der Waals surface area (Å²) < 4.78 is 6.39. The minimum atomic E-state index is 0.0212. The van der Waals surface area contributed by atoms with Gasteiger partial charge in [-0.1, -0.05) is 18.2 Å². The number of H-pyrrole nitrogens is 1. The van der Waals surface area contributed by atoms with Gasteiger partial charge < -0.3 is 9.72 Å². The highest BCUT2D eigenvalue weighted by molar-refractivity contribution is 14.1. The third-order valence-electron chi connectivity index (χ3n) is 2.79. The molecule has 0 saturated heterocycles. The highest BCUT2D eigenvalue weighted by Gasteiger charge is 2.05. The minimum absolute atomic E-state index is 0.0212. The van der Waals surface area contributed by atoms with Gasteiger partial charge in [0.2, 0.25) is 5.43 Å². The van der Waals surface area contributed by atoms with Gasteiger partial charge in [-0.25, -0.2) is 0 Å². The molecule has 0 aliphatic carbocycles. The van der Waals surface area contributed by atoms with Crippen LogP contribution in [0.4, 0.5) is 0 Å². The van der Waals surface area contributed by atoms with Crippen molar-refractivity contribution in [2.75, 3.05) is 0 Å². The molecule has 0 amide bonds. The number of halogens is 1. The molecule has 0 aliphatic rings. The van der Waals surface area contributed by atoms with Crippen molar-refractivity contribution in [1.29, 1.82) is 0 Å². The van der Waals surface area contributed by atoms with E-state index in [1.165, 1.54) is 0 Å². The highest BCUT2D eigenvalue weighted by Crippen LogP contribution is 2.23. The Morgan fingerprint density at radius 3 is 2.58 bits per heavy atom. The monoisotopic (exact) mass is 363 g/mol. The maximum atomic E-state index is 12.0. The molecule has 0 atom stereocenters. The molecule has 3 aromatic rings. The Bertz CT molecular complexity index is 781. The number of fused-ring (bicyclic) bond motifs is 1. The van der Waals surface area contributed by atoms with Crippen LogP contribution in [0.25, 0.3) is 10.9 Å². The van der Waals surface area contributed by atoms with Crippen LogP contribution >= 0.6 is 22.6 Å². The number of nitrogens with one attached hydrogen (secondary N) is 1. The van der Waals surface area contributed by atoms with E-state index in [0.717, 1.165) is 11.3 Å². The predicted octanol–water partition coefficient (Wildman–Crippen LogP) is 3.93. The predicted molar refractivity (Wildman–Crippen MR) is 83.8 cm³/mol. The molecule has 1 N–H and O–H groups in total. The molecule has 0 fully saturated rings. The molecule has 4 heteroatoms. The number of hydrogen-bond acceptors (Lipinski definition) is 2. The number of ether oxygens (including phenoxy) is 1. The Hall–Kier alpha value is -1.82. The van der Waals surface area contributed by atoms with E-state index in [0.29, 0.717) is 14.7 Å². The van der Waals surface area contributed by atoms with Gasteiger partial charge in [-0.2, -0.15) is 0 Å². The Morgan fingerprint density at radius 1 is 1.00 bits per heavy atom. The van der Waals surface area contributed by atoms with E-state index in [9.17, 15) is 4.79 Å². The second-order valence-electron chi connectivity index (χ2n) is 4.09. The molecular formula is C15H10INO2. The molecule has 3 rings (SSSR count). The van der Waals surface area contributed by atoms with Crippen LogP contribution in [0.5, 0.6) is 11.5 Å². The van der Waals surface area contributed by atoms with Crippen molar-refractivity contribution in [3.63, 3.8) is 0 Å². The molecule has 2 aromatic carbocycles. The number of para-hydroxylation sites is 1. The number of rotatable bonds is 2. The Morgan fingerprint density at radius 2 is 1.79 bits per heavy atom. The Kier molecular flexibility index (Phi) is 3.25. The van der Waals surface area contributed by atoms with Crippen LogP contribution in [0.3, 0.4) is 0 Å². The lowest BCUT2D eigenvalue weighted by Crippen LogP contribution is -2.06. The van der Waals surface area contributed by atoms with Crippen molar-refractivity contribution in [3.05, 3.63) is 68.5 Å². The first-order valence-electron chi connectivity index (χ1n) is 5.78. The highest BCUT2D eigenvalue weighted by atomic mass is 127. The van der Waals surface area contributed by atoms with Crippen LogP contribution in [0, 0.1) is 3.57 Å². The van der Waals surface area contributed by atoms with E-state index in [-0.39, 0.29) is 5.43 Å². The average molecular weight is 363 g/mol. The molecule has 19 heavy (non-hydrogen) atoms. The molecule has 0 aliphatic heterocycles. The first-order chi connectivity index (χ1) is 9.24. The van der Waals surface area contributed by atoms with Gasteiger partial charge in [-0.3, -0.25) is 4.79 Å². The van der Waals surface area contributed by atoms with Crippen molar-refractivity contribution in [2.24, 2.45) is 0 Å². The number of aromatic nitrogens is 1. The topological polar surface area (TPSA) is 42.1 Å². The van der Waals surface area contributed by atoms with Crippen LogP contribution in [0.15, 0.2) is 59.5 Å². The summed E-state index contributed by atoms with van der Waals surface area (Å²) in [6.45, 7) is 0. The first kappa shape index (κ1) is 12.2. The third kappa shape index (κ3) is 2.49. The van der Waals surface area contributed by atoms with Gasteiger partial charge >= 0.3 is 0 Å². The third-order valence-corrected chi connectivity index (χ3v) is 3.59. The van der Waals surface area contributed by atoms with E-state index in [4.69, 9.17) is 4.74 Å². The first-order valence-corrected chi connectivity index (χ1v) is 6.86. The van der Waals surface area contributed by atoms with Crippen LogP contribution in [0.2, 0.25) is 0 Å². The standard InChI is InChI=1S/C15H10INO2/c16-13-9-17-14-7-6-11(8-12(14)15(13)18)19-10-4-2-1-3-5-10/h1-9H,(H,17,18). The molecule has 1 aromatic heterocycles. The largest absolute Gasteiger partial charge is 0.457 e. The zero-order valence-corrected chi connectivity index (χ0v) is 12.0. The summed E-state index contributed by atoms with van der Waals surface area (Å²) in [5.41, 5.74) is 0.832. The molecule has 94 valence electrons. The lowest BCUT2D eigenvalue weighted by atomic mass is 10.2. The van der Waals surface area contributed by atoms with E-state index in [2.05, 4.69) is 4.98 Å². The Balaban J connectivity index is 2.07. The smallest absolute Gasteiger partial charge is 0.202 e.